The number of hydrogen-bond donors (Lipinski definition) is 1. The fourth-order valence-corrected chi connectivity index (χ4v) is 4.22. The van der Waals surface area contributed by atoms with Crippen molar-refractivity contribution in [2.75, 3.05) is 19.7 Å². The number of nitrogens with one attached hydrogen (secondary N) is 1. The Bertz CT molecular complexity index is 740. The Morgan fingerprint density at radius 1 is 1.10 bits per heavy atom. The maximum Gasteiger partial charge on any atom is 0.311 e. The van der Waals surface area contributed by atoms with E-state index in [0.29, 0.717) is 6.42 Å². The Labute approximate surface area is 170 Å². The molecular formula is C22H28N2O5. The molecule has 2 aliphatic rings. The number of ether oxygens (including phenoxy) is 1. The Morgan fingerprint density at radius 2 is 1.72 bits per heavy atom. The number of carbonyl (C=O) groups excluding carboxylic acids is 4. The van der Waals surface area contributed by atoms with E-state index < -0.39 is 11.8 Å². The first kappa shape index (κ1) is 21.0. The molecule has 29 heavy (non-hydrogen) atoms. The molecule has 1 aliphatic carbocycles. The van der Waals surface area contributed by atoms with E-state index in [1.54, 1.807) is 6.92 Å². The van der Waals surface area contributed by atoms with Crippen molar-refractivity contribution in [3.8, 4) is 0 Å². The van der Waals surface area contributed by atoms with Gasteiger partial charge in [-0.2, -0.15) is 0 Å². The molecule has 0 aromatic heterocycles. The first-order valence-corrected chi connectivity index (χ1v) is 10.3. The van der Waals surface area contributed by atoms with E-state index in [9.17, 15) is 19.2 Å². The lowest BCUT2D eigenvalue weighted by molar-refractivity contribution is -0.148. The number of imide groups is 1. The van der Waals surface area contributed by atoms with E-state index in [2.05, 4.69) is 5.32 Å². The van der Waals surface area contributed by atoms with Crippen LogP contribution in [-0.4, -0.2) is 48.3 Å². The Balaban J connectivity index is 1.57. The van der Waals surface area contributed by atoms with Crippen molar-refractivity contribution < 1.29 is 23.9 Å². The molecule has 1 N–H and O–H groups in total. The highest BCUT2D eigenvalue weighted by atomic mass is 16.5. The zero-order valence-electron chi connectivity index (χ0n) is 16.8. The number of benzene rings is 1. The molecule has 3 amide bonds. The van der Waals surface area contributed by atoms with E-state index in [-0.39, 0.29) is 49.3 Å². The number of rotatable bonds is 8. The quantitative estimate of drug-likeness (QED) is 0.530. The van der Waals surface area contributed by atoms with Crippen LogP contribution in [0, 0.1) is 17.8 Å². The van der Waals surface area contributed by atoms with Gasteiger partial charge in [-0.1, -0.05) is 43.2 Å². The molecule has 1 aliphatic heterocycles. The Kier molecular flexibility index (Phi) is 7.01. The van der Waals surface area contributed by atoms with Crippen molar-refractivity contribution in [1.82, 2.24) is 10.2 Å². The largest absolute Gasteiger partial charge is 0.466 e. The number of amides is 3. The number of nitrogens with zero attached hydrogens (tertiary/aromatic N) is 1. The van der Waals surface area contributed by atoms with E-state index in [1.165, 1.54) is 0 Å². The van der Waals surface area contributed by atoms with E-state index in [4.69, 9.17) is 4.74 Å². The van der Waals surface area contributed by atoms with Gasteiger partial charge >= 0.3 is 5.97 Å². The highest BCUT2D eigenvalue weighted by molar-refractivity contribution is 6.07. The first-order chi connectivity index (χ1) is 14.0. The maximum atomic E-state index is 12.5. The average Bonchev–Trinajstić information content (AvgIpc) is 2.97. The van der Waals surface area contributed by atoms with Crippen LogP contribution in [0.5, 0.6) is 0 Å². The number of likely N-dealkylation sites (tertiary alicyclic amines) is 1. The van der Waals surface area contributed by atoms with Crippen LogP contribution in [0.25, 0.3) is 0 Å². The van der Waals surface area contributed by atoms with Crippen LogP contribution in [0.1, 0.15) is 38.2 Å². The fourth-order valence-electron chi connectivity index (χ4n) is 4.22. The summed E-state index contributed by atoms with van der Waals surface area (Å²) in [5.41, 5.74) is 0.966. The summed E-state index contributed by atoms with van der Waals surface area (Å²) >= 11 is 0. The molecule has 3 rings (SSSR count). The van der Waals surface area contributed by atoms with Crippen LogP contribution in [0.4, 0.5) is 0 Å². The molecule has 0 bridgehead atoms. The lowest BCUT2D eigenvalue weighted by Crippen LogP contribution is -2.43. The van der Waals surface area contributed by atoms with Gasteiger partial charge in [-0.25, -0.2) is 0 Å². The molecule has 1 heterocycles. The average molecular weight is 400 g/mol. The van der Waals surface area contributed by atoms with E-state index in [0.717, 1.165) is 36.1 Å². The van der Waals surface area contributed by atoms with Gasteiger partial charge in [0.15, 0.2) is 0 Å². The van der Waals surface area contributed by atoms with Gasteiger partial charge in [0.05, 0.1) is 24.4 Å². The summed E-state index contributed by atoms with van der Waals surface area (Å²) in [5.74, 6) is -2.36. The van der Waals surface area contributed by atoms with Gasteiger partial charge in [-0.05, 0) is 31.7 Å². The van der Waals surface area contributed by atoms with E-state index >= 15 is 0 Å². The normalized spacial score (nSPS) is 22.2. The molecule has 0 radical (unpaired) electrons. The third-order valence-corrected chi connectivity index (χ3v) is 5.72. The molecule has 1 aromatic carbocycles. The van der Waals surface area contributed by atoms with Gasteiger partial charge in [-0.15, -0.1) is 0 Å². The smallest absolute Gasteiger partial charge is 0.311 e. The van der Waals surface area contributed by atoms with E-state index in [1.807, 2.05) is 30.3 Å². The predicted octanol–water partition coefficient (Wildman–Crippen LogP) is 1.70. The standard InChI is InChI=1S/C22H28N2O5/c1-2-29-22(28)16(12-15-8-4-3-5-9-15)13-23-19(25)14-24-20(26)17-10-6-7-11-18(17)21(24)27/h3-5,8-9,16-18H,2,6-7,10-14H2,1H3,(H,23,25). The van der Waals surface area contributed by atoms with Gasteiger partial charge < -0.3 is 10.1 Å². The zero-order valence-corrected chi connectivity index (χ0v) is 16.8. The highest BCUT2D eigenvalue weighted by Gasteiger charge is 2.48. The molecule has 7 heteroatoms. The first-order valence-electron chi connectivity index (χ1n) is 10.3. The summed E-state index contributed by atoms with van der Waals surface area (Å²) in [7, 11) is 0. The SMILES string of the molecule is CCOC(=O)C(CNC(=O)CN1C(=O)C2CCCCC2C1=O)Cc1ccccc1. The molecule has 0 spiro atoms. The topological polar surface area (TPSA) is 92.8 Å². The van der Waals surface area contributed by atoms with Crippen LogP contribution in [-0.2, 0) is 30.3 Å². The number of fused-ring (bicyclic) bond motifs is 1. The lowest BCUT2D eigenvalue weighted by atomic mass is 9.81. The molecule has 2 fully saturated rings. The summed E-state index contributed by atoms with van der Waals surface area (Å²) in [4.78, 5) is 50.8. The van der Waals surface area contributed by atoms with Gasteiger partial charge in [0.25, 0.3) is 0 Å². The van der Waals surface area contributed by atoms with Crippen molar-refractivity contribution in [3.63, 3.8) is 0 Å². The monoisotopic (exact) mass is 400 g/mol. The minimum Gasteiger partial charge on any atom is -0.466 e. The molecule has 3 unspecified atom stereocenters. The van der Waals surface area contributed by atoms with Crippen molar-refractivity contribution >= 4 is 23.7 Å². The second kappa shape index (κ2) is 9.67. The highest BCUT2D eigenvalue weighted by Crippen LogP contribution is 2.37. The second-order valence-electron chi connectivity index (χ2n) is 7.70. The third kappa shape index (κ3) is 5.02. The van der Waals surface area contributed by atoms with Crippen molar-refractivity contribution in [2.24, 2.45) is 17.8 Å². The van der Waals surface area contributed by atoms with Gasteiger partial charge in [-0.3, -0.25) is 24.1 Å². The van der Waals surface area contributed by atoms with Crippen LogP contribution in [0.15, 0.2) is 30.3 Å². The number of carbonyl (C=O) groups is 4. The van der Waals surface area contributed by atoms with Crippen molar-refractivity contribution in [3.05, 3.63) is 35.9 Å². The molecule has 1 saturated carbocycles. The summed E-state index contributed by atoms with van der Waals surface area (Å²) in [5, 5.41) is 2.71. The second-order valence-corrected chi connectivity index (χ2v) is 7.70. The van der Waals surface area contributed by atoms with Crippen LogP contribution >= 0.6 is 0 Å². The summed E-state index contributed by atoms with van der Waals surface area (Å²) < 4.78 is 5.13. The lowest BCUT2D eigenvalue weighted by Gasteiger charge is -2.19. The Hall–Kier alpha value is -2.70. The predicted molar refractivity (Wildman–Crippen MR) is 105 cm³/mol. The van der Waals surface area contributed by atoms with Gasteiger partial charge in [0.2, 0.25) is 17.7 Å². The van der Waals surface area contributed by atoms with Crippen molar-refractivity contribution in [1.29, 1.82) is 0 Å². The Morgan fingerprint density at radius 3 is 2.31 bits per heavy atom. The number of esters is 1. The van der Waals surface area contributed by atoms with Crippen LogP contribution in [0.2, 0.25) is 0 Å². The van der Waals surface area contributed by atoms with Gasteiger partial charge in [0.1, 0.15) is 6.54 Å². The van der Waals surface area contributed by atoms with Gasteiger partial charge in [0, 0.05) is 6.54 Å². The summed E-state index contributed by atoms with van der Waals surface area (Å²) in [6, 6.07) is 9.50. The van der Waals surface area contributed by atoms with Crippen LogP contribution in [0.3, 0.4) is 0 Å². The zero-order chi connectivity index (χ0) is 20.8. The molecule has 1 saturated heterocycles. The van der Waals surface area contributed by atoms with Crippen LogP contribution < -0.4 is 5.32 Å². The summed E-state index contributed by atoms with van der Waals surface area (Å²) in [6.45, 7) is 1.80. The molecular weight excluding hydrogens is 372 g/mol. The minimum atomic E-state index is -0.533. The molecule has 1 aromatic rings. The fraction of sp³-hybridized carbons (Fsp3) is 0.545. The third-order valence-electron chi connectivity index (χ3n) is 5.72. The number of hydrogen-bond acceptors (Lipinski definition) is 5. The molecule has 7 nitrogen and oxygen atoms in total. The molecule has 3 atom stereocenters. The maximum absolute atomic E-state index is 12.5. The molecule has 156 valence electrons. The summed E-state index contributed by atoms with van der Waals surface area (Å²) in [6.07, 6.45) is 3.76. The van der Waals surface area contributed by atoms with Crippen molar-refractivity contribution in [2.45, 2.75) is 39.0 Å². The minimum absolute atomic E-state index is 0.0929.